The minimum atomic E-state index is -0.496. The zero-order chi connectivity index (χ0) is 12.9. The minimum Gasteiger partial charge on any atom is -0.444 e. The Balaban J connectivity index is 4.15. The van der Waals surface area contributed by atoms with Gasteiger partial charge >= 0.3 is 6.09 Å². The van der Waals surface area contributed by atoms with E-state index in [4.69, 9.17) is 4.74 Å². The molecule has 0 aromatic rings. The molecule has 0 heterocycles. The first kappa shape index (κ1) is 14.8. The summed E-state index contributed by atoms with van der Waals surface area (Å²) in [7, 11) is 0. The minimum absolute atomic E-state index is 0.484. The zero-order valence-electron chi connectivity index (χ0n) is 11.0. The van der Waals surface area contributed by atoms with Crippen LogP contribution in [0.4, 0.5) is 4.79 Å². The highest BCUT2D eigenvalue weighted by Gasteiger charge is 2.17. The molecule has 1 N–H and O–H groups in total. The lowest BCUT2D eigenvalue weighted by Gasteiger charge is -2.21. The van der Waals surface area contributed by atoms with Crippen molar-refractivity contribution in [1.29, 1.82) is 0 Å². The van der Waals surface area contributed by atoms with Crippen LogP contribution in [0.1, 0.15) is 41.0 Å². The van der Waals surface area contributed by atoms with Crippen molar-refractivity contribution in [2.24, 2.45) is 5.92 Å². The molecule has 0 aliphatic heterocycles. The van der Waals surface area contributed by atoms with Gasteiger partial charge in [0.25, 0.3) is 0 Å². The third-order valence-electron chi connectivity index (χ3n) is 1.73. The highest BCUT2D eigenvalue weighted by Crippen LogP contribution is 2.14. The standard InChI is InChI=1S/C13H23NO2/c1-9(2)8-10(3)11(4)14-12(15)16-13(5,6)7/h9H,3-4,8H2,1-2,5-7H3,(H,14,15). The monoisotopic (exact) mass is 225 g/mol. The van der Waals surface area contributed by atoms with Crippen molar-refractivity contribution in [1.82, 2.24) is 5.32 Å². The lowest BCUT2D eigenvalue weighted by atomic mass is 10.0. The molecule has 0 atom stereocenters. The average Bonchev–Trinajstić information content (AvgIpc) is 1.98. The van der Waals surface area contributed by atoms with E-state index in [1.165, 1.54) is 0 Å². The number of nitrogens with one attached hydrogen (secondary N) is 1. The van der Waals surface area contributed by atoms with Crippen molar-refractivity contribution in [2.45, 2.75) is 46.6 Å². The van der Waals surface area contributed by atoms with E-state index in [0.717, 1.165) is 12.0 Å². The van der Waals surface area contributed by atoms with Gasteiger partial charge in [0.2, 0.25) is 0 Å². The number of ether oxygens (including phenoxy) is 1. The van der Waals surface area contributed by atoms with Crippen LogP contribution in [0.5, 0.6) is 0 Å². The van der Waals surface area contributed by atoms with E-state index >= 15 is 0 Å². The first-order valence-electron chi connectivity index (χ1n) is 5.49. The summed E-state index contributed by atoms with van der Waals surface area (Å²) in [5, 5.41) is 2.59. The van der Waals surface area contributed by atoms with Gasteiger partial charge in [0.15, 0.2) is 0 Å². The molecular formula is C13H23NO2. The predicted octanol–water partition coefficient (Wildman–Crippen LogP) is 3.63. The Labute approximate surface area is 98.6 Å². The first-order valence-corrected chi connectivity index (χ1v) is 5.49. The van der Waals surface area contributed by atoms with Crippen molar-refractivity contribution in [3.8, 4) is 0 Å². The molecule has 0 aliphatic rings. The molecule has 92 valence electrons. The van der Waals surface area contributed by atoms with Crippen LogP contribution in [0, 0.1) is 5.92 Å². The van der Waals surface area contributed by atoms with Gasteiger partial charge < -0.3 is 4.74 Å². The van der Waals surface area contributed by atoms with Crippen LogP contribution < -0.4 is 5.32 Å². The zero-order valence-corrected chi connectivity index (χ0v) is 11.0. The van der Waals surface area contributed by atoms with Gasteiger partial charge in [-0.25, -0.2) is 4.79 Å². The fourth-order valence-corrected chi connectivity index (χ4v) is 1.13. The second-order valence-electron chi connectivity index (χ2n) is 5.31. The number of alkyl carbamates (subject to hydrolysis) is 1. The Morgan fingerprint density at radius 2 is 1.81 bits per heavy atom. The molecule has 0 spiro atoms. The summed E-state index contributed by atoms with van der Waals surface area (Å²) in [6.07, 6.45) is 0.330. The number of amides is 1. The maximum atomic E-state index is 11.4. The van der Waals surface area contributed by atoms with Gasteiger partial charge in [-0.05, 0) is 38.7 Å². The second-order valence-corrected chi connectivity index (χ2v) is 5.31. The molecule has 0 aromatic carbocycles. The summed E-state index contributed by atoms with van der Waals surface area (Å²) in [6.45, 7) is 17.3. The highest BCUT2D eigenvalue weighted by atomic mass is 16.6. The maximum absolute atomic E-state index is 11.4. The second kappa shape index (κ2) is 5.73. The smallest absolute Gasteiger partial charge is 0.412 e. The van der Waals surface area contributed by atoms with E-state index < -0.39 is 11.7 Å². The van der Waals surface area contributed by atoms with Gasteiger partial charge in [-0.2, -0.15) is 0 Å². The Bertz CT molecular complexity index is 285. The van der Waals surface area contributed by atoms with Crippen LogP contribution >= 0.6 is 0 Å². The molecule has 16 heavy (non-hydrogen) atoms. The number of carbonyl (C=O) groups excluding carboxylic acids is 1. The summed E-state index contributed by atoms with van der Waals surface area (Å²) >= 11 is 0. The molecule has 0 aliphatic carbocycles. The van der Waals surface area contributed by atoms with Gasteiger partial charge in [-0.1, -0.05) is 27.0 Å². The van der Waals surface area contributed by atoms with E-state index in [0.29, 0.717) is 11.6 Å². The molecule has 0 rings (SSSR count). The van der Waals surface area contributed by atoms with Crippen LogP contribution in [-0.2, 0) is 4.74 Å². The van der Waals surface area contributed by atoms with Crippen LogP contribution in [0.2, 0.25) is 0 Å². The Morgan fingerprint density at radius 3 is 2.19 bits per heavy atom. The fraction of sp³-hybridized carbons (Fsp3) is 0.615. The lowest BCUT2D eigenvalue weighted by Crippen LogP contribution is -2.32. The van der Waals surface area contributed by atoms with Gasteiger partial charge in [-0.3, -0.25) is 5.32 Å². The van der Waals surface area contributed by atoms with Gasteiger partial charge in [0, 0.05) is 5.70 Å². The topological polar surface area (TPSA) is 38.3 Å². The molecule has 0 saturated carbocycles. The molecule has 0 fully saturated rings. The van der Waals surface area contributed by atoms with E-state index in [2.05, 4.69) is 32.3 Å². The molecular weight excluding hydrogens is 202 g/mol. The van der Waals surface area contributed by atoms with Crippen molar-refractivity contribution in [3.63, 3.8) is 0 Å². The summed E-state index contributed by atoms with van der Waals surface area (Å²) in [4.78, 5) is 11.4. The molecule has 3 nitrogen and oxygen atoms in total. The van der Waals surface area contributed by atoms with Crippen LogP contribution in [0.25, 0.3) is 0 Å². The average molecular weight is 225 g/mol. The molecule has 0 bridgehead atoms. The molecule has 0 aromatic heterocycles. The molecule has 0 saturated heterocycles. The van der Waals surface area contributed by atoms with Crippen LogP contribution in [0.3, 0.4) is 0 Å². The Morgan fingerprint density at radius 1 is 1.31 bits per heavy atom. The van der Waals surface area contributed by atoms with E-state index in [9.17, 15) is 4.79 Å². The maximum Gasteiger partial charge on any atom is 0.412 e. The number of allylic oxidation sites excluding steroid dienone is 1. The van der Waals surface area contributed by atoms with Crippen LogP contribution in [-0.4, -0.2) is 11.7 Å². The lowest BCUT2D eigenvalue weighted by molar-refractivity contribution is 0.0547. The van der Waals surface area contributed by atoms with Crippen LogP contribution in [0.15, 0.2) is 24.4 Å². The van der Waals surface area contributed by atoms with Crippen molar-refractivity contribution < 1.29 is 9.53 Å². The SMILES string of the molecule is C=C(CC(C)C)C(=C)NC(=O)OC(C)(C)C. The largest absolute Gasteiger partial charge is 0.444 e. The summed E-state index contributed by atoms with van der Waals surface area (Å²) in [6, 6.07) is 0. The number of hydrogen-bond acceptors (Lipinski definition) is 2. The normalized spacial score (nSPS) is 11.1. The third-order valence-corrected chi connectivity index (χ3v) is 1.73. The van der Waals surface area contributed by atoms with Crippen molar-refractivity contribution in [2.75, 3.05) is 0 Å². The first-order chi connectivity index (χ1) is 7.11. The highest BCUT2D eigenvalue weighted by molar-refractivity contribution is 5.71. The molecule has 0 radical (unpaired) electrons. The summed E-state index contributed by atoms with van der Waals surface area (Å²) in [5.41, 5.74) is 0.868. The van der Waals surface area contributed by atoms with Gasteiger partial charge in [0.05, 0.1) is 0 Å². The van der Waals surface area contributed by atoms with Gasteiger partial charge in [0.1, 0.15) is 5.60 Å². The fourth-order valence-electron chi connectivity index (χ4n) is 1.13. The quantitative estimate of drug-likeness (QED) is 0.742. The third kappa shape index (κ3) is 7.10. The number of carbonyl (C=O) groups is 1. The Hall–Kier alpha value is -1.25. The molecule has 3 heteroatoms. The number of hydrogen-bond donors (Lipinski definition) is 1. The predicted molar refractivity (Wildman–Crippen MR) is 67.1 cm³/mol. The summed E-state index contributed by atoms with van der Waals surface area (Å²) < 4.78 is 5.11. The number of rotatable bonds is 4. The van der Waals surface area contributed by atoms with E-state index in [1.807, 2.05) is 20.8 Å². The Kier molecular flexibility index (Phi) is 5.28. The van der Waals surface area contributed by atoms with Crippen molar-refractivity contribution >= 4 is 6.09 Å². The molecule has 1 amide bonds. The van der Waals surface area contributed by atoms with Crippen molar-refractivity contribution in [3.05, 3.63) is 24.4 Å². The van der Waals surface area contributed by atoms with E-state index in [-0.39, 0.29) is 0 Å². The van der Waals surface area contributed by atoms with Gasteiger partial charge in [-0.15, -0.1) is 0 Å². The molecule has 0 unspecified atom stereocenters. The summed E-state index contributed by atoms with van der Waals surface area (Å²) in [5.74, 6) is 0.490. The van der Waals surface area contributed by atoms with E-state index in [1.54, 1.807) is 0 Å².